The van der Waals surface area contributed by atoms with Crippen molar-refractivity contribution in [1.82, 2.24) is 0 Å². The summed E-state index contributed by atoms with van der Waals surface area (Å²) in [5, 5.41) is 8.86. The predicted octanol–water partition coefficient (Wildman–Crippen LogP) is 2.65. The molecule has 1 aromatic rings. The first-order chi connectivity index (χ1) is 6.16. The van der Waals surface area contributed by atoms with E-state index >= 15 is 0 Å². The third kappa shape index (κ3) is 2.29. The molecule has 0 saturated heterocycles. The average Bonchev–Trinajstić information content (AvgIpc) is 2.16. The van der Waals surface area contributed by atoms with Gasteiger partial charge in [-0.2, -0.15) is 0 Å². The Morgan fingerprint density at radius 3 is 2.62 bits per heavy atom. The SMILES string of the molecule is C=C[C@@H](Cl)[C@H](O)c1ccccc1F. The molecule has 2 atom stereocenters. The van der Waals surface area contributed by atoms with E-state index in [2.05, 4.69) is 6.58 Å². The lowest BCUT2D eigenvalue weighted by atomic mass is 10.1. The van der Waals surface area contributed by atoms with E-state index in [1.54, 1.807) is 12.1 Å². The maximum atomic E-state index is 13.1. The molecule has 1 N–H and O–H groups in total. The van der Waals surface area contributed by atoms with Gasteiger partial charge in [-0.3, -0.25) is 0 Å². The Morgan fingerprint density at radius 2 is 2.08 bits per heavy atom. The number of hydrogen-bond acceptors (Lipinski definition) is 1. The summed E-state index contributed by atoms with van der Waals surface area (Å²) in [6.45, 7) is 3.42. The lowest BCUT2D eigenvalue weighted by molar-refractivity contribution is 0.180. The largest absolute Gasteiger partial charge is 0.386 e. The fourth-order valence-corrected chi connectivity index (χ4v) is 1.15. The number of alkyl halides is 1. The van der Waals surface area contributed by atoms with Gasteiger partial charge in [0, 0.05) is 5.56 Å². The molecular formula is C10H10ClFO. The predicted molar refractivity (Wildman–Crippen MR) is 51.2 cm³/mol. The summed E-state index contributed by atoms with van der Waals surface area (Å²) in [7, 11) is 0. The van der Waals surface area contributed by atoms with E-state index < -0.39 is 17.3 Å². The zero-order chi connectivity index (χ0) is 9.84. The highest BCUT2D eigenvalue weighted by molar-refractivity contribution is 6.22. The second kappa shape index (κ2) is 4.40. The first-order valence-corrected chi connectivity index (χ1v) is 4.29. The summed E-state index contributed by atoms with van der Waals surface area (Å²) in [6, 6.07) is 5.99. The molecule has 0 spiro atoms. The summed E-state index contributed by atoms with van der Waals surface area (Å²) >= 11 is 5.69. The van der Waals surface area contributed by atoms with E-state index in [-0.39, 0.29) is 5.56 Å². The van der Waals surface area contributed by atoms with E-state index in [0.29, 0.717) is 0 Å². The van der Waals surface area contributed by atoms with E-state index in [4.69, 9.17) is 11.6 Å². The minimum absolute atomic E-state index is 0.197. The van der Waals surface area contributed by atoms with Crippen LogP contribution in [-0.4, -0.2) is 10.5 Å². The molecule has 0 aliphatic carbocycles. The number of rotatable bonds is 3. The number of hydrogen-bond donors (Lipinski definition) is 1. The third-order valence-corrected chi connectivity index (χ3v) is 2.17. The van der Waals surface area contributed by atoms with Gasteiger partial charge >= 0.3 is 0 Å². The maximum absolute atomic E-state index is 13.1. The van der Waals surface area contributed by atoms with Crippen LogP contribution >= 0.6 is 11.6 Å². The van der Waals surface area contributed by atoms with Crippen molar-refractivity contribution in [3.8, 4) is 0 Å². The van der Waals surface area contributed by atoms with Gasteiger partial charge in [0.2, 0.25) is 0 Å². The van der Waals surface area contributed by atoms with Crippen molar-refractivity contribution >= 4 is 11.6 Å². The molecule has 0 bridgehead atoms. The lowest BCUT2D eigenvalue weighted by Gasteiger charge is -2.14. The van der Waals surface area contributed by atoms with Crippen molar-refractivity contribution in [1.29, 1.82) is 0 Å². The van der Waals surface area contributed by atoms with Gasteiger partial charge in [-0.15, -0.1) is 18.2 Å². The van der Waals surface area contributed by atoms with Gasteiger partial charge < -0.3 is 5.11 Å². The van der Waals surface area contributed by atoms with Crippen molar-refractivity contribution in [3.05, 3.63) is 48.3 Å². The van der Waals surface area contributed by atoms with Gasteiger partial charge in [0.25, 0.3) is 0 Å². The van der Waals surface area contributed by atoms with Crippen molar-refractivity contribution in [2.45, 2.75) is 11.5 Å². The minimum atomic E-state index is -1.04. The van der Waals surface area contributed by atoms with Crippen LogP contribution in [0.5, 0.6) is 0 Å². The van der Waals surface area contributed by atoms with Crippen LogP contribution in [0.1, 0.15) is 11.7 Å². The zero-order valence-corrected chi connectivity index (χ0v) is 7.71. The topological polar surface area (TPSA) is 20.2 Å². The van der Waals surface area contributed by atoms with Crippen LogP contribution in [0.2, 0.25) is 0 Å². The molecule has 0 unspecified atom stereocenters. The molecule has 13 heavy (non-hydrogen) atoms. The third-order valence-electron chi connectivity index (χ3n) is 1.75. The van der Waals surface area contributed by atoms with Gasteiger partial charge in [-0.25, -0.2) is 4.39 Å². The van der Waals surface area contributed by atoms with Crippen LogP contribution in [0.3, 0.4) is 0 Å². The van der Waals surface area contributed by atoms with Crippen LogP contribution in [0, 0.1) is 5.82 Å². The molecule has 0 heterocycles. The van der Waals surface area contributed by atoms with E-state index in [1.807, 2.05) is 0 Å². The van der Waals surface area contributed by atoms with Crippen molar-refractivity contribution in [2.24, 2.45) is 0 Å². The lowest BCUT2D eigenvalue weighted by Crippen LogP contribution is -2.10. The smallest absolute Gasteiger partial charge is 0.129 e. The Balaban J connectivity index is 2.94. The fourth-order valence-electron chi connectivity index (χ4n) is 1.02. The van der Waals surface area contributed by atoms with Crippen molar-refractivity contribution in [3.63, 3.8) is 0 Å². The molecule has 1 rings (SSSR count). The molecule has 0 amide bonds. The van der Waals surface area contributed by atoms with Crippen LogP contribution in [-0.2, 0) is 0 Å². The average molecular weight is 201 g/mol. The number of aliphatic hydroxyl groups excluding tert-OH is 1. The highest BCUT2D eigenvalue weighted by atomic mass is 35.5. The highest BCUT2D eigenvalue weighted by Gasteiger charge is 2.18. The fraction of sp³-hybridized carbons (Fsp3) is 0.200. The van der Waals surface area contributed by atoms with Gasteiger partial charge in [-0.1, -0.05) is 24.3 Å². The van der Waals surface area contributed by atoms with Gasteiger partial charge in [0.05, 0.1) is 5.38 Å². The molecule has 1 nitrogen and oxygen atoms in total. The highest BCUT2D eigenvalue weighted by Crippen LogP contribution is 2.23. The maximum Gasteiger partial charge on any atom is 0.129 e. The molecule has 70 valence electrons. The van der Waals surface area contributed by atoms with E-state index in [9.17, 15) is 9.50 Å². The summed E-state index contributed by atoms with van der Waals surface area (Å²) in [5.74, 6) is -0.456. The van der Waals surface area contributed by atoms with Gasteiger partial charge in [0.1, 0.15) is 11.9 Å². The molecular weight excluding hydrogens is 191 g/mol. The molecule has 0 aliphatic heterocycles. The Labute approximate surface area is 81.5 Å². The quantitative estimate of drug-likeness (QED) is 0.588. The van der Waals surface area contributed by atoms with Crippen LogP contribution < -0.4 is 0 Å². The normalized spacial score (nSPS) is 15.0. The van der Waals surface area contributed by atoms with Crippen LogP contribution in [0.25, 0.3) is 0 Å². The molecule has 0 aromatic heterocycles. The summed E-state index contributed by atoms with van der Waals surface area (Å²) < 4.78 is 13.1. The number of aliphatic hydroxyl groups is 1. The van der Waals surface area contributed by atoms with Gasteiger partial charge in [0.15, 0.2) is 0 Å². The second-order valence-electron chi connectivity index (χ2n) is 2.65. The van der Waals surface area contributed by atoms with Crippen molar-refractivity contribution in [2.75, 3.05) is 0 Å². The summed E-state index contributed by atoms with van der Waals surface area (Å²) in [6.07, 6.45) is 0.332. The summed E-state index contributed by atoms with van der Waals surface area (Å²) in [5.41, 5.74) is 0.197. The Morgan fingerprint density at radius 1 is 1.46 bits per heavy atom. The molecule has 0 fully saturated rings. The molecule has 0 aliphatic rings. The van der Waals surface area contributed by atoms with Crippen LogP contribution in [0.15, 0.2) is 36.9 Å². The van der Waals surface area contributed by atoms with E-state index in [0.717, 1.165) is 0 Å². The Kier molecular flexibility index (Phi) is 3.46. The number of benzene rings is 1. The molecule has 0 saturated carbocycles. The standard InChI is InChI=1S/C10H10ClFO/c1-2-8(11)10(13)7-5-3-4-6-9(7)12/h2-6,8,10,13H,1H2/t8-,10-/m1/s1. The molecule has 3 heteroatoms. The Hall–Kier alpha value is -0.860. The molecule has 0 radical (unpaired) electrons. The zero-order valence-electron chi connectivity index (χ0n) is 6.95. The summed E-state index contributed by atoms with van der Waals surface area (Å²) in [4.78, 5) is 0. The second-order valence-corrected chi connectivity index (χ2v) is 3.15. The first-order valence-electron chi connectivity index (χ1n) is 3.86. The first kappa shape index (κ1) is 10.2. The Bertz CT molecular complexity index is 301. The molecule has 1 aromatic carbocycles. The van der Waals surface area contributed by atoms with Gasteiger partial charge in [-0.05, 0) is 6.07 Å². The minimum Gasteiger partial charge on any atom is -0.386 e. The number of halogens is 2. The monoisotopic (exact) mass is 200 g/mol. The van der Waals surface area contributed by atoms with Crippen molar-refractivity contribution < 1.29 is 9.50 Å². The van der Waals surface area contributed by atoms with E-state index in [1.165, 1.54) is 18.2 Å². The van der Waals surface area contributed by atoms with Crippen LogP contribution in [0.4, 0.5) is 4.39 Å².